The summed E-state index contributed by atoms with van der Waals surface area (Å²) in [4.78, 5) is 11.2. The molecule has 21 heavy (non-hydrogen) atoms. The first kappa shape index (κ1) is 13.9. The van der Waals surface area contributed by atoms with Gasteiger partial charge in [0, 0.05) is 37.7 Å². The molecule has 5 nitrogen and oxygen atoms in total. The molecule has 112 valence electrons. The van der Waals surface area contributed by atoms with Crippen LogP contribution in [0.15, 0.2) is 30.9 Å². The smallest absolute Gasteiger partial charge is 0.171 e. The fourth-order valence-corrected chi connectivity index (χ4v) is 3.02. The van der Waals surface area contributed by atoms with Crippen LogP contribution in [-0.4, -0.2) is 34.7 Å². The quantitative estimate of drug-likeness (QED) is 0.866. The molecule has 0 saturated carbocycles. The number of imidazole rings is 1. The SMILES string of the molecule is COc1ccc(C)nc1N1CCCC(Cn2ccnc2)C1. The molecule has 2 aromatic rings. The summed E-state index contributed by atoms with van der Waals surface area (Å²) < 4.78 is 7.64. The van der Waals surface area contributed by atoms with E-state index in [9.17, 15) is 0 Å². The lowest BCUT2D eigenvalue weighted by atomic mass is 9.98. The molecular weight excluding hydrogens is 264 g/mol. The fourth-order valence-electron chi connectivity index (χ4n) is 3.02. The summed E-state index contributed by atoms with van der Waals surface area (Å²) in [5, 5.41) is 0. The molecule has 1 saturated heterocycles. The lowest BCUT2D eigenvalue weighted by Gasteiger charge is -2.34. The first-order valence-electron chi connectivity index (χ1n) is 7.48. The third-order valence-corrected chi connectivity index (χ3v) is 4.05. The van der Waals surface area contributed by atoms with Gasteiger partial charge in [0.15, 0.2) is 11.6 Å². The molecule has 1 aliphatic rings. The van der Waals surface area contributed by atoms with E-state index in [-0.39, 0.29) is 0 Å². The van der Waals surface area contributed by atoms with Crippen molar-refractivity contribution in [1.82, 2.24) is 14.5 Å². The van der Waals surface area contributed by atoms with Crippen LogP contribution in [0, 0.1) is 12.8 Å². The van der Waals surface area contributed by atoms with Crippen molar-refractivity contribution in [2.75, 3.05) is 25.1 Å². The van der Waals surface area contributed by atoms with Gasteiger partial charge in [-0.15, -0.1) is 0 Å². The van der Waals surface area contributed by atoms with Gasteiger partial charge in [-0.05, 0) is 37.8 Å². The molecular formula is C16H22N4O. The van der Waals surface area contributed by atoms with Crippen LogP contribution in [0.4, 0.5) is 5.82 Å². The monoisotopic (exact) mass is 286 g/mol. The zero-order valence-electron chi connectivity index (χ0n) is 12.7. The molecule has 3 heterocycles. The van der Waals surface area contributed by atoms with Crippen molar-refractivity contribution < 1.29 is 4.74 Å². The van der Waals surface area contributed by atoms with Gasteiger partial charge in [0.25, 0.3) is 0 Å². The maximum absolute atomic E-state index is 5.48. The molecule has 0 aromatic carbocycles. The van der Waals surface area contributed by atoms with Crippen LogP contribution < -0.4 is 9.64 Å². The molecule has 1 fully saturated rings. The molecule has 1 atom stereocenters. The van der Waals surface area contributed by atoms with Crippen molar-refractivity contribution in [3.05, 3.63) is 36.5 Å². The van der Waals surface area contributed by atoms with Crippen LogP contribution in [0.3, 0.4) is 0 Å². The number of hydrogen-bond donors (Lipinski definition) is 0. The fraction of sp³-hybridized carbons (Fsp3) is 0.500. The second-order valence-corrected chi connectivity index (χ2v) is 5.69. The minimum Gasteiger partial charge on any atom is -0.493 e. The number of pyridine rings is 1. The van der Waals surface area contributed by atoms with E-state index in [2.05, 4.69) is 19.4 Å². The summed E-state index contributed by atoms with van der Waals surface area (Å²) in [6.07, 6.45) is 8.21. The Kier molecular flexibility index (Phi) is 4.08. The van der Waals surface area contributed by atoms with Crippen LogP contribution in [0.5, 0.6) is 5.75 Å². The minimum absolute atomic E-state index is 0.625. The summed E-state index contributed by atoms with van der Waals surface area (Å²) in [6.45, 7) is 5.11. The molecule has 1 aliphatic heterocycles. The lowest BCUT2D eigenvalue weighted by molar-refractivity contribution is 0.359. The number of hydrogen-bond acceptors (Lipinski definition) is 4. The van der Waals surface area contributed by atoms with Crippen molar-refractivity contribution in [1.29, 1.82) is 0 Å². The second kappa shape index (κ2) is 6.16. The van der Waals surface area contributed by atoms with Crippen LogP contribution in [0.1, 0.15) is 18.5 Å². The van der Waals surface area contributed by atoms with Gasteiger partial charge >= 0.3 is 0 Å². The normalized spacial score (nSPS) is 18.8. The number of nitrogens with zero attached hydrogens (tertiary/aromatic N) is 4. The van der Waals surface area contributed by atoms with E-state index in [1.165, 1.54) is 12.8 Å². The minimum atomic E-state index is 0.625. The van der Waals surface area contributed by atoms with Gasteiger partial charge in [-0.2, -0.15) is 0 Å². The lowest BCUT2D eigenvalue weighted by Crippen LogP contribution is -2.37. The van der Waals surface area contributed by atoms with Crippen molar-refractivity contribution in [2.24, 2.45) is 5.92 Å². The maximum atomic E-state index is 5.48. The Hall–Kier alpha value is -2.04. The predicted octanol–water partition coefficient (Wildman–Crippen LogP) is 2.51. The second-order valence-electron chi connectivity index (χ2n) is 5.69. The van der Waals surface area contributed by atoms with E-state index in [4.69, 9.17) is 4.74 Å². The van der Waals surface area contributed by atoms with E-state index >= 15 is 0 Å². The number of ether oxygens (including phenoxy) is 1. The summed E-state index contributed by atoms with van der Waals surface area (Å²) in [6, 6.07) is 4.01. The van der Waals surface area contributed by atoms with Crippen molar-refractivity contribution in [3.8, 4) is 5.75 Å². The highest BCUT2D eigenvalue weighted by molar-refractivity contribution is 5.53. The largest absolute Gasteiger partial charge is 0.493 e. The maximum Gasteiger partial charge on any atom is 0.171 e. The molecule has 0 spiro atoms. The van der Waals surface area contributed by atoms with E-state index < -0.39 is 0 Å². The average Bonchev–Trinajstić information content (AvgIpc) is 3.00. The van der Waals surface area contributed by atoms with Crippen molar-refractivity contribution >= 4 is 5.82 Å². The van der Waals surface area contributed by atoms with Crippen LogP contribution in [-0.2, 0) is 6.54 Å². The molecule has 0 N–H and O–H groups in total. The summed E-state index contributed by atoms with van der Waals surface area (Å²) in [5.41, 5.74) is 1.03. The van der Waals surface area contributed by atoms with Crippen LogP contribution in [0.25, 0.3) is 0 Å². The zero-order valence-corrected chi connectivity index (χ0v) is 12.7. The molecule has 3 rings (SSSR count). The molecule has 0 radical (unpaired) electrons. The highest BCUT2D eigenvalue weighted by atomic mass is 16.5. The summed E-state index contributed by atoms with van der Waals surface area (Å²) >= 11 is 0. The van der Waals surface area contributed by atoms with E-state index in [1.54, 1.807) is 7.11 Å². The van der Waals surface area contributed by atoms with Gasteiger partial charge in [0.2, 0.25) is 0 Å². The van der Waals surface area contributed by atoms with Crippen LogP contribution >= 0.6 is 0 Å². The number of aromatic nitrogens is 3. The van der Waals surface area contributed by atoms with E-state index in [0.29, 0.717) is 5.92 Å². The number of rotatable bonds is 4. The molecule has 2 aromatic heterocycles. The molecule has 1 unspecified atom stereocenters. The van der Waals surface area contributed by atoms with Gasteiger partial charge in [-0.25, -0.2) is 9.97 Å². The standard InChI is InChI=1S/C16H22N4O/c1-13-5-6-15(21-2)16(18-13)20-8-3-4-14(11-20)10-19-9-7-17-12-19/h5-7,9,12,14H,3-4,8,10-11H2,1-2H3. The third kappa shape index (κ3) is 3.17. The Balaban J connectivity index is 1.75. The Labute approximate surface area is 125 Å². The Morgan fingerprint density at radius 1 is 1.38 bits per heavy atom. The van der Waals surface area contributed by atoms with E-state index in [0.717, 1.165) is 36.9 Å². The number of methoxy groups -OCH3 is 1. The van der Waals surface area contributed by atoms with Crippen molar-refractivity contribution in [3.63, 3.8) is 0 Å². The first-order chi connectivity index (χ1) is 10.3. The molecule has 5 heteroatoms. The highest BCUT2D eigenvalue weighted by Gasteiger charge is 2.23. The number of piperidine rings is 1. The van der Waals surface area contributed by atoms with Crippen LogP contribution in [0.2, 0.25) is 0 Å². The first-order valence-corrected chi connectivity index (χ1v) is 7.48. The topological polar surface area (TPSA) is 43.2 Å². The van der Waals surface area contributed by atoms with E-state index in [1.807, 2.05) is 37.8 Å². The molecule has 0 amide bonds. The van der Waals surface area contributed by atoms with Gasteiger partial charge in [0.1, 0.15) is 0 Å². The average molecular weight is 286 g/mol. The number of anilines is 1. The summed E-state index contributed by atoms with van der Waals surface area (Å²) in [7, 11) is 1.71. The highest BCUT2D eigenvalue weighted by Crippen LogP contribution is 2.30. The molecule has 0 aliphatic carbocycles. The molecule has 0 bridgehead atoms. The Bertz CT molecular complexity index is 582. The summed E-state index contributed by atoms with van der Waals surface area (Å²) in [5.74, 6) is 2.47. The van der Waals surface area contributed by atoms with Gasteiger partial charge in [0.05, 0.1) is 13.4 Å². The number of aryl methyl sites for hydroxylation is 1. The van der Waals surface area contributed by atoms with Crippen molar-refractivity contribution in [2.45, 2.75) is 26.3 Å². The van der Waals surface area contributed by atoms with Gasteiger partial charge in [-0.1, -0.05) is 0 Å². The van der Waals surface area contributed by atoms with Gasteiger partial charge in [-0.3, -0.25) is 0 Å². The zero-order chi connectivity index (χ0) is 14.7. The Morgan fingerprint density at radius 3 is 3.05 bits per heavy atom. The third-order valence-electron chi connectivity index (χ3n) is 4.05. The predicted molar refractivity (Wildman–Crippen MR) is 82.7 cm³/mol. The van der Waals surface area contributed by atoms with Gasteiger partial charge < -0.3 is 14.2 Å². The Morgan fingerprint density at radius 2 is 2.29 bits per heavy atom.